The second-order valence-electron chi connectivity index (χ2n) is 3.09. The van der Waals surface area contributed by atoms with Crippen LogP contribution >= 0.6 is 0 Å². The van der Waals surface area contributed by atoms with Gasteiger partial charge in [0.25, 0.3) is 0 Å². The quantitative estimate of drug-likeness (QED) is 0.482. The van der Waals surface area contributed by atoms with Crippen LogP contribution in [0.15, 0.2) is 24.3 Å². The van der Waals surface area contributed by atoms with Crippen molar-refractivity contribution in [1.29, 1.82) is 0 Å². The number of anilines is 1. The molecule has 0 radical (unpaired) electrons. The number of hydrazine groups is 1. The molecule has 0 saturated carbocycles. The lowest BCUT2D eigenvalue weighted by atomic mass is 10.2. The number of aryl methyl sites for hydroxylation is 1. The first-order chi connectivity index (χ1) is 7.74. The average Bonchev–Trinajstić information content (AvgIpc) is 2.19. The molecule has 0 aliphatic heterocycles. The zero-order valence-electron chi connectivity index (χ0n) is 9.53. The highest BCUT2D eigenvalue weighted by Gasteiger charge is 1.98. The Balaban J connectivity index is 0.000000437. The molecule has 0 heterocycles. The van der Waals surface area contributed by atoms with Gasteiger partial charge in [0.1, 0.15) is 0 Å². The van der Waals surface area contributed by atoms with Crippen molar-refractivity contribution in [1.82, 2.24) is 5.17 Å². The maximum Gasteiger partial charge on any atom is 0.394 e. The SMILES string of the molecule is CCN(O)Nc1ccccc1C.O=S(=O)(O)O. The third kappa shape index (κ3) is 9.72. The van der Waals surface area contributed by atoms with E-state index >= 15 is 0 Å². The van der Waals surface area contributed by atoms with Crippen molar-refractivity contribution in [2.24, 2.45) is 0 Å². The Morgan fingerprint density at radius 2 is 1.76 bits per heavy atom. The summed E-state index contributed by atoms with van der Waals surface area (Å²) < 4.78 is 31.6. The molecule has 0 aromatic heterocycles. The number of hydroxylamine groups is 1. The number of nitrogens with zero attached hydrogens (tertiary/aromatic N) is 1. The van der Waals surface area contributed by atoms with Crippen LogP contribution in [-0.4, -0.2) is 34.4 Å². The van der Waals surface area contributed by atoms with Gasteiger partial charge in [-0.15, -0.1) is 5.17 Å². The first-order valence-corrected chi connectivity index (χ1v) is 6.12. The molecule has 0 saturated heterocycles. The summed E-state index contributed by atoms with van der Waals surface area (Å²) in [6.45, 7) is 4.41. The molecule has 0 aliphatic rings. The van der Waals surface area contributed by atoms with Crippen LogP contribution in [0.3, 0.4) is 0 Å². The summed E-state index contributed by atoms with van der Waals surface area (Å²) in [5, 5.41) is 10.2. The van der Waals surface area contributed by atoms with Crippen molar-refractivity contribution in [2.45, 2.75) is 13.8 Å². The molecule has 0 unspecified atom stereocenters. The normalized spacial score (nSPS) is 10.7. The molecule has 0 fully saturated rings. The molecule has 1 aromatic carbocycles. The molecule has 1 rings (SSSR count). The van der Waals surface area contributed by atoms with E-state index in [1.807, 2.05) is 38.1 Å². The van der Waals surface area contributed by atoms with E-state index < -0.39 is 10.4 Å². The largest absolute Gasteiger partial charge is 0.394 e. The fourth-order valence-corrected chi connectivity index (χ4v) is 0.916. The minimum Gasteiger partial charge on any atom is -0.296 e. The van der Waals surface area contributed by atoms with Gasteiger partial charge in [0.05, 0.1) is 5.69 Å². The summed E-state index contributed by atoms with van der Waals surface area (Å²) in [6, 6.07) is 7.81. The van der Waals surface area contributed by atoms with E-state index in [0.717, 1.165) is 16.4 Å². The predicted octanol–water partition coefficient (Wildman–Crippen LogP) is 1.38. The van der Waals surface area contributed by atoms with Crippen molar-refractivity contribution >= 4 is 16.1 Å². The smallest absolute Gasteiger partial charge is 0.296 e. The molecule has 4 N–H and O–H groups in total. The van der Waals surface area contributed by atoms with Gasteiger partial charge in [-0.2, -0.15) is 8.42 Å². The van der Waals surface area contributed by atoms with Crippen molar-refractivity contribution in [3.05, 3.63) is 29.8 Å². The fourth-order valence-electron chi connectivity index (χ4n) is 0.916. The summed E-state index contributed by atoms with van der Waals surface area (Å²) in [6.07, 6.45) is 0. The van der Waals surface area contributed by atoms with Crippen LogP contribution in [0.4, 0.5) is 5.69 Å². The summed E-state index contributed by atoms with van der Waals surface area (Å²) in [4.78, 5) is 0. The van der Waals surface area contributed by atoms with Crippen LogP contribution in [-0.2, 0) is 10.4 Å². The number of benzene rings is 1. The fraction of sp³-hybridized carbons (Fsp3) is 0.333. The molecule has 0 atom stereocenters. The maximum atomic E-state index is 9.16. The lowest BCUT2D eigenvalue weighted by Crippen LogP contribution is -2.25. The van der Waals surface area contributed by atoms with Crippen LogP contribution in [0.25, 0.3) is 0 Å². The Hall–Kier alpha value is -1.19. The van der Waals surface area contributed by atoms with E-state index in [1.54, 1.807) is 0 Å². The number of para-hydroxylation sites is 1. The van der Waals surface area contributed by atoms with Crippen LogP contribution < -0.4 is 5.43 Å². The monoisotopic (exact) mass is 264 g/mol. The van der Waals surface area contributed by atoms with Crippen LogP contribution in [0.1, 0.15) is 12.5 Å². The van der Waals surface area contributed by atoms with Gasteiger partial charge in [0, 0.05) is 6.54 Å². The van der Waals surface area contributed by atoms with E-state index in [4.69, 9.17) is 22.7 Å². The zero-order valence-corrected chi connectivity index (χ0v) is 10.3. The molecular formula is C9H16N2O5S. The molecular weight excluding hydrogens is 248 g/mol. The maximum absolute atomic E-state index is 9.16. The molecule has 7 nitrogen and oxygen atoms in total. The Morgan fingerprint density at radius 3 is 2.18 bits per heavy atom. The molecule has 0 aliphatic carbocycles. The van der Waals surface area contributed by atoms with E-state index in [2.05, 4.69) is 5.43 Å². The van der Waals surface area contributed by atoms with Crippen molar-refractivity contribution in [3.63, 3.8) is 0 Å². The summed E-state index contributed by atoms with van der Waals surface area (Å²) >= 11 is 0. The standard InChI is InChI=1S/C9H14N2O.H2O4S/c1-3-11(12)10-9-7-5-4-6-8(9)2;1-5(2,3)4/h4-7,10,12H,3H2,1-2H3;(H2,1,2,3,4). The van der Waals surface area contributed by atoms with Crippen LogP contribution in [0, 0.1) is 6.92 Å². The van der Waals surface area contributed by atoms with Gasteiger partial charge in [0.15, 0.2) is 0 Å². The van der Waals surface area contributed by atoms with Crippen molar-refractivity contribution < 1.29 is 22.7 Å². The summed E-state index contributed by atoms with van der Waals surface area (Å²) in [5.74, 6) is 0. The third-order valence-electron chi connectivity index (χ3n) is 1.69. The lowest BCUT2D eigenvalue weighted by Gasteiger charge is -2.16. The van der Waals surface area contributed by atoms with E-state index in [1.165, 1.54) is 0 Å². The lowest BCUT2D eigenvalue weighted by molar-refractivity contribution is -0.0607. The Morgan fingerprint density at radius 1 is 1.29 bits per heavy atom. The van der Waals surface area contributed by atoms with E-state index in [0.29, 0.717) is 6.54 Å². The second kappa shape index (κ2) is 7.20. The molecule has 0 bridgehead atoms. The third-order valence-corrected chi connectivity index (χ3v) is 1.69. The molecule has 0 spiro atoms. The summed E-state index contributed by atoms with van der Waals surface area (Å²) in [5.41, 5.74) is 4.90. The Labute approximate surface area is 100 Å². The van der Waals surface area contributed by atoms with Crippen LogP contribution in [0.5, 0.6) is 0 Å². The predicted molar refractivity (Wildman–Crippen MR) is 63.1 cm³/mol. The average molecular weight is 264 g/mol. The second-order valence-corrected chi connectivity index (χ2v) is 3.99. The number of hydrogen-bond donors (Lipinski definition) is 4. The summed E-state index contributed by atoms with van der Waals surface area (Å²) in [7, 11) is -4.67. The van der Waals surface area contributed by atoms with Gasteiger partial charge in [-0.25, -0.2) is 0 Å². The van der Waals surface area contributed by atoms with E-state index in [9.17, 15) is 0 Å². The first-order valence-electron chi connectivity index (χ1n) is 4.72. The molecule has 1 aromatic rings. The topological polar surface area (TPSA) is 110 Å². The molecule has 0 amide bonds. The number of hydrogen-bond acceptors (Lipinski definition) is 5. The number of rotatable bonds is 3. The highest BCUT2D eigenvalue weighted by Crippen LogP contribution is 2.12. The molecule has 17 heavy (non-hydrogen) atoms. The minimum atomic E-state index is -4.67. The van der Waals surface area contributed by atoms with Gasteiger partial charge in [-0.3, -0.25) is 19.7 Å². The molecule has 8 heteroatoms. The van der Waals surface area contributed by atoms with Crippen molar-refractivity contribution in [3.8, 4) is 0 Å². The molecule has 98 valence electrons. The van der Waals surface area contributed by atoms with Gasteiger partial charge in [-0.1, -0.05) is 18.2 Å². The first kappa shape index (κ1) is 15.8. The highest BCUT2D eigenvalue weighted by molar-refractivity contribution is 7.79. The highest BCUT2D eigenvalue weighted by atomic mass is 32.3. The van der Waals surface area contributed by atoms with Crippen molar-refractivity contribution in [2.75, 3.05) is 12.0 Å². The van der Waals surface area contributed by atoms with Gasteiger partial charge < -0.3 is 0 Å². The van der Waals surface area contributed by atoms with Gasteiger partial charge in [-0.05, 0) is 25.5 Å². The van der Waals surface area contributed by atoms with Crippen LogP contribution in [0.2, 0.25) is 0 Å². The van der Waals surface area contributed by atoms with Gasteiger partial charge in [0.2, 0.25) is 0 Å². The minimum absolute atomic E-state index is 0.550. The Bertz CT molecular complexity index is 427. The Kier molecular flexibility index (Phi) is 6.69. The zero-order chi connectivity index (χ0) is 13.5. The van der Waals surface area contributed by atoms with E-state index in [-0.39, 0.29) is 0 Å². The number of nitrogens with one attached hydrogen (secondary N) is 1. The van der Waals surface area contributed by atoms with Gasteiger partial charge >= 0.3 is 10.4 Å².